The third-order valence-electron chi connectivity index (χ3n) is 5.36. The fourth-order valence-corrected chi connectivity index (χ4v) is 6.44. The molecule has 0 aliphatic rings. The maximum absolute atomic E-state index is 13.1. The van der Waals surface area contributed by atoms with Crippen molar-refractivity contribution in [1.29, 1.82) is 0 Å². The zero-order valence-corrected chi connectivity index (χ0v) is 23.1. The number of nitrogens with one attached hydrogen (secondary N) is 1. The number of carbonyl (C=O) groups is 1. The standard InChI is InChI=1S/C21H21Cl2F3N4O6S2/c1-4-12(21(24,25)26)30-38(34,35)11-6-5-9(14(22)15(11)23)16-10(8-31)27-18(37-16)17-28-13(36-29-17)7-20(2,3)19(32)33/h5-6,12,30-31H,4,7-8H2,1-3H3,(H,32,33). The van der Waals surface area contributed by atoms with Gasteiger partial charge in [0.1, 0.15) is 10.9 Å². The Morgan fingerprint density at radius 3 is 2.42 bits per heavy atom. The third kappa shape index (κ3) is 6.29. The van der Waals surface area contributed by atoms with E-state index in [1.54, 1.807) is 4.72 Å². The van der Waals surface area contributed by atoms with E-state index in [1.165, 1.54) is 26.8 Å². The van der Waals surface area contributed by atoms with Gasteiger partial charge < -0.3 is 14.7 Å². The molecule has 0 amide bonds. The number of aliphatic hydroxyl groups is 1. The van der Waals surface area contributed by atoms with Gasteiger partial charge in [-0.25, -0.2) is 13.4 Å². The lowest BCUT2D eigenvalue weighted by molar-refractivity contribution is -0.151. The van der Waals surface area contributed by atoms with Gasteiger partial charge in [0.2, 0.25) is 21.7 Å². The number of halogens is 5. The second kappa shape index (κ2) is 11.1. The molecular weight excluding hydrogens is 596 g/mol. The maximum atomic E-state index is 13.1. The number of aromatic nitrogens is 3. The van der Waals surface area contributed by atoms with E-state index in [0.717, 1.165) is 17.4 Å². The number of rotatable bonds is 10. The van der Waals surface area contributed by atoms with Crippen LogP contribution in [0.15, 0.2) is 21.6 Å². The van der Waals surface area contributed by atoms with Crippen molar-refractivity contribution in [3.8, 4) is 21.3 Å². The number of benzene rings is 1. The van der Waals surface area contributed by atoms with E-state index in [2.05, 4.69) is 15.1 Å². The van der Waals surface area contributed by atoms with E-state index in [-0.39, 0.29) is 44.3 Å². The number of hydrogen-bond donors (Lipinski definition) is 3. The number of aliphatic hydroxyl groups excluding tert-OH is 1. The molecule has 1 unspecified atom stereocenters. The fraction of sp³-hybridized carbons (Fsp3) is 0.429. The summed E-state index contributed by atoms with van der Waals surface area (Å²) >= 11 is 13.5. The number of carboxylic acid groups (broad SMARTS) is 1. The van der Waals surface area contributed by atoms with Crippen LogP contribution in [0, 0.1) is 5.41 Å². The molecule has 2 aromatic heterocycles. The Labute approximate surface area is 228 Å². The summed E-state index contributed by atoms with van der Waals surface area (Å²) in [5.41, 5.74) is -0.911. The molecule has 2 heterocycles. The zero-order chi connectivity index (χ0) is 28.6. The molecule has 0 spiro atoms. The average Bonchev–Trinajstić information content (AvgIpc) is 3.44. The van der Waals surface area contributed by atoms with Crippen LogP contribution in [0.3, 0.4) is 0 Å². The Hall–Kier alpha value is -2.30. The minimum absolute atomic E-state index is 0.00974. The molecule has 10 nitrogen and oxygen atoms in total. The summed E-state index contributed by atoms with van der Waals surface area (Å²) in [6.45, 7) is 3.58. The molecule has 17 heteroatoms. The predicted molar refractivity (Wildman–Crippen MR) is 132 cm³/mol. The lowest BCUT2D eigenvalue weighted by Gasteiger charge is -2.20. The first kappa shape index (κ1) is 30.2. The van der Waals surface area contributed by atoms with Gasteiger partial charge in [-0.3, -0.25) is 4.79 Å². The number of aliphatic carboxylic acids is 1. The van der Waals surface area contributed by atoms with Crippen LogP contribution in [-0.2, 0) is 27.8 Å². The van der Waals surface area contributed by atoms with Gasteiger partial charge in [0.05, 0.1) is 32.6 Å². The van der Waals surface area contributed by atoms with E-state index in [4.69, 9.17) is 27.7 Å². The van der Waals surface area contributed by atoms with E-state index < -0.39 is 56.6 Å². The second-order valence-corrected chi connectivity index (χ2v) is 12.1. The van der Waals surface area contributed by atoms with Crippen LogP contribution in [0.1, 0.15) is 38.8 Å². The van der Waals surface area contributed by atoms with Crippen molar-refractivity contribution in [2.45, 2.75) is 57.3 Å². The molecule has 0 radical (unpaired) electrons. The first-order valence-electron chi connectivity index (χ1n) is 10.8. The number of nitrogens with zero attached hydrogens (tertiary/aromatic N) is 3. The molecule has 0 saturated heterocycles. The smallest absolute Gasteiger partial charge is 0.404 e. The van der Waals surface area contributed by atoms with Crippen LogP contribution in [0.4, 0.5) is 13.2 Å². The predicted octanol–water partition coefficient (Wildman–Crippen LogP) is 4.93. The van der Waals surface area contributed by atoms with E-state index in [9.17, 15) is 36.6 Å². The lowest BCUT2D eigenvalue weighted by atomic mass is 9.90. The molecular formula is C21H21Cl2F3N4O6S2. The van der Waals surface area contributed by atoms with Crippen LogP contribution in [0.5, 0.6) is 0 Å². The molecule has 3 N–H and O–H groups in total. The van der Waals surface area contributed by atoms with Gasteiger partial charge in [0, 0.05) is 12.0 Å². The van der Waals surface area contributed by atoms with Gasteiger partial charge in [-0.15, -0.1) is 11.3 Å². The lowest BCUT2D eigenvalue weighted by Crippen LogP contribution is -2.44. The highest BCUT2D eigenvalue weighted by Crippen LogP contribution is 2.43. The summed E-state index contributed by atoms with van der Waals surface area (Å²) in [5.74, 6) is -1.01. The Balaban J connectivity index is 1.98. The molecule has 1 atom stereocenters. The summed E-state index contributed by atoms with van der Waals surface area (Å²) in [7, 11) is -4.70. The first-order valence-corrected chi connectivity index (χ1v) is 13.8. The van der Waals surface area contributed by atoms with Crippen LogP contribution >= 0.6 is 34.5 Å². The largest absolute Gasteiger partial charge is 0.481 e. The maximum Gasteiger partial charge on any atom is 0.404 e. The number of sulfonamides is 1. The molecule has 38 heavy (non-hydrogen) atoms. The Kier molecular flexibility index (Phi) is 8.80. The SMILES string of the molecule is CCC(NS(=O)(=O)c1ccc(-c2sc(-c3noc(CC(C)(C)C(=O)O)n3)nc2CO)c(Cl)c1Cl)C(F)(F)F. The van der Waals surface area contributed by atoms with Crippen LogP contribution in [-0.4, -0.2) is 51.9 Å². The van der Waals surface area contributed by atoms with Gasteiger partial charge in [-0.05, 0) is 26.3 Å². The van der Waals surface area contributed by atoms with Crippen molar-refractivity contribution in [2.75, 3.05) is 0 Å². The summed E-state index contributed by atoms with van der Waals surface area (Å²) in [4.78, 5) is 19.4. The Morgan fingerprint density at radius 1 is 1.21 bits per heavy atom. The van der Waals surface area contributed by atoms with Crippen molar-refractivity contribution in [2.24, 2.45) is 5.41 Å². The van der Waals surface area contributed by atoms with Gasteiger partial charge in [-0.2, -0.15) is 22.9 Å². The van der Waals surface area contributed by atoms with Crippen LogP contribution in [0.2, 0.25) is 10.0 Å². The molecule has 0 fully saturated rings. The van der Waals surface area contributed by atoms with E-state index >= 15 is 0 Å². The Morgan fingerprint density at radius 2 is 1.87 bits per heavy atom. The molecule has 1 aromatic carbocycles. The van der Waals surface area contributed by atoms with Crippen molar-refractivity contribution in [3.63, 3.8) is 0 Å². The topological polar surface area (TPSA) is 156 Å². The normalized spacial score (nSPS) is 13.6. The number of alkyl halides is 3. The number of carboxylic acids is 1. The van der Waals surface area contributed by atoms with Gasteiger partial charge in [0.15, 0.2) is 5.01 Å². The molecule has 208 valence electrons. The molecule has 0 aliphatic carbocycles. The average molecular weight is 617 g/mol. The highest BCUT2D eigenvalue weighted by atomic mass is 35.5. The zero-order valence-electron chi connectivity index (χ0n) is 19.9. The molecule has 3 rings (SSSR count). The highest BCUT2D eigenvalue weighted by molar-refractivity contribution is 7.89. The van der Waals surface area contributed by atoms with Crippen LogP contribution in [0.25, 0.3) is 21.3 Å². The molecule has 3 aromatic rings. The minimum atomic E-state index is -4.81. The van der Waals surface area contributed by atoms with E-state index in [1.807, 2.05) is 0 Å². The minimum Gasteiger partial charge on any atom is -0.481 e. The number of thiazole rings is 1. The van der Waals surface area contributed by atoms with Crippen molar-refractivity contribution >= 4 is 50.5 Å². The summed E-state index contributed by atoms with van der Waals surface area (Å²) in [5, 5.41) is 22.3. The monoisotopic (exact) mass is 616 g/mol. The summed E-state index contributed by atoms with van der Waals surface area (Å²) in [6, 6.07) is -0.103. The third-order valence-corrected chi connectivity index (χ3v) is 9.00. The summed E-state index contributed by atoms with van der Waals surface area (Å²) in [6.07, 6.45) is -5.41. The highest BCUT2D eigenvalue weighted by Gasteiger charge is 2.41. The first-order chi connectivity index (χ1) is 17.5. The van der Waals surface area contributed by atoms with Crippen molar-refractivity contribution in [1.82, 2.24) is 19.8 Å². The van der Waals surface area contributed by atoms with Gasteiger partial charge in [-0.1, -0.05) is 41.3 Å². The Bertz CT molecular complexity index is 1460. The molecule has 0 aliphatic heterocycles. The van der Waals surface area contributed by atoms with Crippen molar-refractivity contribution in [3.05, 3.63) is 33.8 Å². The molecule has 0 bridgehead atoms. The second-order valence-electron chi connectivity index (χ2n) is 8.69. The number of hydrogen-bond acceptors (Lipinski definition) is 9. The van der Waals surface area contributed by atoms with Crippen LogP contribution < -0.4 is 4.72 Å². The molecule has 0 saturated carbocycles. The van der Waals surface area contributed by atoms with Gasteiger partial charge in [0.25, 0.3) is 0 Å². The summed E-state index contributed by atoms with van der Waals surface area (Å²) < 4.78 is 71.4. The van der Waals surface area contributed by atoms with Crippen molar-refractivity contribution < 1.29 is 41.1 Å². The van der Waals surface area contributed by atoms with Gasteiger partial charge >= 0.3 is 12.1 Å². The van der Waals surface area contributed by atoms with E-state index in [0.29, 0.717) is 0 Å². The fourth-order valence-electron chi connectivity index (χ4n) is 3.18. The quantitative estimate of drug-likeness (QED) is 0.287.